The lowest BCUT2D eigenvalue weighted by Crippen LogP contribution is -2.29. The van der Waals surface area contributed by atoms with Gasteiger partial charge >= 0.3 is 0 Å². The fourth-order valence-electron chi connectivity index (χ4n) is 2.73. The molecule has 0 amide bonds. The zero-order valence-corrected chi connectivity index (χ0v) is 14.1. The van der Waals surface area contributed by atoms with E-state index in [9.17, 15) is 4.39 Å². The number of fused-ring (bicyclic) bond motifs is 1. The molecule has 0 aliphatic carbocycles. The summed E-state index contributed by atoms with van der Waals surface area (Å²) in [6, 6.07) is 5.06. The van der Waals surface area contributed by atoms with Crippen molar-refractivity contribution in [2.75, 3.05) is 17.3 Å². The molecular weight excluding hydrogens is 335 g/mol. The molecule has 26 heavy (non-hydrogen) atoms. The van der Waals surface area contributed by atoms with E-state index in [1.54, 1.807) is 17.3 Å². The second-order valence-electron chi connectivity index (χ2n) is 5.92. The molecular formula is C18H17FN6O. The van der Waals surface area contributed by atoms with E-state index in [1.165, 1.54) is 6.07 Å². The van der Waals surface area contributed by atoms with E-state index in [2.05, 4.69) is 20.4 Å². The first-order valence-electron chi connectivity index (χ1n) is 8.09. The molecule has 8 heteroatoms. The number of aromatic nitrogens is 3. The summed E-state index contributed by atoms with van der Waals surface area (Å²) in [6.45, 7) is 2.69. The van der Waals surface area contributed by atoms with Gasteiger partial charge in [-0.15, -0.1) is 0 Å². The van der Waals surface area contributed by atoms with Crippen LogP contribution >= 0.6 is 0 Å². The van der Waals surface area contributed by atoms with Crippen LogP contribution in [0.4, 0.5) is 15.9 Å². The maximum Gasteiger partial charge on any atom is 0.166 e. The largest absolute Gasteiger partial charge is 0.483 e. The molecule has 1 aliphatic heterocycles. The van der Waals surface area contributed by atoms with E-state index < -0.39 is 5.82 Å². The zero-order valence-electron chi connectivity index (χ0n) is 14.1. The molecule has 1 aliphatic rings. The van der Waals surface area contributed by atoms with E-state index in [-0.39, 0.29) is 12.4 Å². The van der Waals surface area contributed by atoms with Gasteiger partial charge in [0, 0.05) is 36.1 Å². The number of nitrogens with zero attached hydrogens (tertiary/aromatic N) is 4. The Morgan fingerprint density at radius 2 is 2.15 bits per heavy atom. The Morgan fingerprint density at radius 1 is 1.27 bits per heavy atom. The molecule has 0 spiro atoms. The number of ether oxygens (including phenoxy) is 1. The summed E-state index contributed by atoms with van der Waals surface area (Å²) in [5, 5.41) is 2.54. The molecule has 0 atom stereocenters. The Morgan fingerprint density at radius 3 is 2.96 bits per heavy atom. The summed E-state index contributed by atoms with van der Waals surface area (Å²) in [4.78, 5) is 12.8. The number of nitrogen functional groups attached to an aromatic ring is 1. The van der Waals surface area contributed by atoms with Crippen molar-refractivity contribution in [3.8, 4) is 5.75 Å². The van der Waals surface area contributed by atoms with Gasteiger partial charge in [-0.2, -0.15) is 0 Å². The van der Waals surface area contributed by atoms with E-state index in [0.717, 1.165) is 22.8 Å². The van der Waals surface area contributed by atoms with Gasteiger partial charge in [0.25, 0.3) is 0 Å². The number of nitrogens with one attached hydrogen (secondary N) is 1. The normalized spacial score (nSPS) is 13.5. The fourth-order valence-corrected chi connectivity index (χ4v) is 2.73. The van der Waals surface area contributed by atoms with Crippen molar-refractivity contribution in [3.05, 3.63) is 60.1 Å². The summed E-state index contributed by atoms with van der Waals surface area (Å²) in [5.74, 6) is 0.301. The van der Waals surface area contributed by atoms with Crippen molar-refractivity contribution in [1.82, 2.24) is 20.4 Å². The van der Waals surface area contributed by atoms with Gasteiger partial charge < -0.3 is 10.5 Å². The third-order valence-corrected chi connectivity index (χ3v) is 4.00. The number of hydrazine groups is 1. The molecule has 0 radical (unpaired) electrons. The van der Waals surface area contributed by atoms with Gasteiger partial charge in [0.2, 0.25) is 0 Å². The minimum Gasteiger partial charge on any atom is -0.483 e. The molecule has 0 fully saturated rings. The summed E-state index contributed by atoms with van der Waals surface area (Å²) in [6.07, 6.45) is 6.64. The fraction of sp³-hybridized carbons (Fsp3) is 0.167. The van der Waals surface area contributed by atoms with Crippen LogP contribution in [0.3, 0.4) is 0 Å². The average Bonchev–Trinajstić information content (AvgIpc) is 3.15. The number of nitrogens with two attached hydrogens (primary N) is 1. The first-order chi connectivity index (χ1) is 12.6. The van der Waals surface area contributed by atoms with Gasteiger partial charge in [-0.25, -0.2) is 14.8 Å². The minimum atomic E-state index is -0.417. The third-order valence-electron chi connectivity index (χ3n) is 4.00. The lowest BCUT2D eigenvalue weighted by molar-refractivity contribution is 0.302. The number of anilines is 2. The molecule has 4 heterocycles. The maximum absolute atomic E-state index is 13.6. The van der Waals surface area contributed by atoms with Crippen LogP contribution in [0.1, 0.15) is 11.4 Å². The van der Waals surface area contributed by atoms with Gasteiger partial charge in [0.15, 0.2) is 11.6 Å². The van der Waals surface area contributed by atoms with Gasteiger partial charge in [0.05, 0.1) is 17.4 Å². The van der Waals surface area contributed by atoms with Crippen LogP contribution in [-0.2, 0) is 6.61 Å². The van der Waals surface area contributed by atoms with Crippen LogP contribution in [0, 0.1) is 12.7 Å². The van der Waals surface area contributed by atoms with Gasteiger partial charge in [-0.05, 0) is 19.1 Å². The van der Waals surface area contributed by atoms with Crippen LogP contribution < -0.4 is 20.9 Å². The van der Waals surface area contributed by atoms with Gasteiger partial charge in [-0.3, -0.25) is 15.0 Å². The van der Waals surface area contributed by atoms with E-state index >= 15 is 0 Å². The van der Waals surface area contributed by atoms with Gasteiger partial charge in [0.1, 0.15) is 18.1 Å². The Balaban J connectivity index is 1.61. The van der Waals surface area contributed by atoms with Crippen molar-refractivity contribution in [1.29, 1.82) is 0 Å². The predicted molar refractivity (Wildman–Crippen MR) is 96.8 cm³/mol. The monoisotopic (exact) mass is 352 g/mol. The summed E-state index contributed by atoms with van der Waals surface area (Å²) in [7, 11) is 0. The highest BCUT2D eigenvalue weighted by atomic mass is 19.1. The van der Waals surface area contributed by atoms with Crippen molar-refractivity contribution in [2.45, 2.75) is 13.5 Å². The molecule has 0 unspecified atom stereocenters. The van der Waals surface area contributed by atoms with Crippen LogP contribution in [0.2, 0.25) is 0 Å². The first kappa shape index (κ1) is 16.2. The zero-order chi connectivity index (χ0) is 18.1. The molecule has 132 valence electrons. The smallest absolute Gasteiger partial charge is 0.166 e. The molecule has 3 aromatic heterocycles. The SMILES string of the molecule is Cc1cc2nc(N)c(OCc3ncc(F)cc3N3C=CCN3)cc2cn1. The van der Waals surface area contributed by atoms with Gasteiger partial charge in [-0.1, -0.05) is 6.08 Å². The van der Waals surface area contributed by atoms with E-state index in [4.69, 9.17) is 10.5 Å². The van der Waals surface area contributed by atoms with E-state index in [0.29, 0.717) is 23.7 Å². The quantitative estimate of drug-likeness (QED) is 0.745. The van der Waals surface area contributed by atoms with Crippen molar-refractivity contribution >= 4 is 22.4 Å². The van der Waals surface area contributed by atoms with Crippen molar-refractivity contribution in [3.63, 3.8) is 0 Å². The summed E-state index contributed by atoms with van der Waals surface area (Å²) >= 11 is 0. The standard InChI is InChI=1S/C18H17FN6O/c1-11-5-14-12(8-21-11)6-17(18(20)24-14)26-10-15-16(7-13(19)9-22-15)25-4-2-3-23-25/h2,4-9,23H,3,10H2,1H3,(H2,20,24). The number of aryl methyl sites for hydroxylation is 1. The maximum atomic E-state index is 13.6. The number of hydrogen-bond acceptors (Lipinski definition) is 7. The van der Waals surface area contributed by atoms with Crippen LogP contribution in [0.5, 0.6) is 5.75 Å². The second kappa shape index (κ2) is 6.57. The van der Waals surface area contributed by atoms with Crippen LogP contribution in [-0.4, -0.2) is 21.5 Å². The van der Waals surface area contributed by atoms with Crippen LogP contribution in [0.15, 0.2) is 42.9 Å². The lowest BCUT2D eigenvalue weighted by Gasteiger charge is -2.19. The number of pyridine rings is 3. The Kier molecular flexibility index (Phi) is 4.10. The van der Waals surface area contributed by atoms with Crippen LogP contribution in [0.25, 0.3) is 10.9 Å². The third kappa shape index (κ3) is 3.14. The molecule has 0 saturated carbocycles. The van der Waals surface area contributed by atoms with Crippen molar-refractivity contribution < 1.29 is 9.13 Å². The molecule has 3 aromatic rings. The molecule has 0 saturated heterocycles. The highest BCUT2D eigenvalue weighted by Gasteiger charge is 2.15. The summed E-state index contributed by atoms with van der Waals surface area (Å²) < 4.78 is 19.4. The lowest BCUT2D eigenvalue weighted by atomic mass is 10.2. The predicted octanol–water partition coefficient (Wildman–Crippen LogP) is 2.47. The molecule has 7 nitrogen and oxygen atoms in total. The Bertz CT molecular complexity index is 1010. The Hall–Kier alpha value is -3.26. The minimum absolute atomic E-state index is 0.123. The summed E-state index contributed by atoms with van der Waals surface area (Å²) in [5.41, 5.74) is 11.9. The van der Waals surface area contributed by atoms with Crippen molar-refractivity contribution in [2.24, 2.45) is 0 Å². The Labute approximate surface area is 149 Å². The number of rotatable bonds is 4. The number of halogens is 1. The first-order valence-corrected chi connectivity index (χ1v) is 8.09. The number of hydrogen-bond donors (Lipinski definition) is 2. The molecule has 0 aromatic carbocycles. The highest BCUT2D eigenvalue weighted by molar-refractivity contribution is 5.82. The molecule has 0 bridgehead atoms. The second-order valence-corrected chi connectivity index (χ2v) is 5.92. The van der Waals surface area contributed by atoms with E-state index in [1.807, 2.05) is 25.3 Å². The molecule has 4 rings (SSSR count). The topological polar surface area (TPSA) is 89.2 Å². The average molecular weight is 352 g/mol. The highest BCUT2D eigenvalue weighted by Crippen LogP contribution is 2.27. The molecule has 3 N–H and O–H groups in total.